The molecule has 0 radical (unpaired) electrons. The van der Waals surface area contributed by atoms with Gasteiger partial charge in [-0.3, -0.25) is 4.98 Å². The van der Waals surface area contributed by atoms with Gasteiger partial charge in [0.2, 0.25) is 0 Å². The van der Waals surface area contributed by atoms with Crippen molar-refractivity contribution in [2.24, 2.45) is 10.9 Å². The molecule has 0 bridgehead atoms. The smallest absolute Gasteiger partial charge is 0.171 e. The van der Waals surface area contributed by atoms with Crippen molar-refractivity contribution in [1.29, 1.82) is 0 Å². The van der Waals surface area contributed by atoms with E-state index in [0.717, 1.165) is 5.56 Å². The van der Waals surface area contributed by atoms with E-state index in [4.69, 9.17) is 22.5 Å². The first kappa shape index (κ1) is 15.1. The predicted molar refractivity (Wildman–Crippen MR) is 82.7 cm³/mol. The first-order chi connectivity index (χ1) is 10.2. The van der Waals surface area contributed by atoms with Crippen LogP contribution >= 0.6 is 11.6 Å². The molecule has 0 saturated carbocycles. The molecule has 0 aliphatic carbocycles. The highest BCUT2D eigenvalue weighted by Crippen LogP contribution is 2.27. The van der Waals surface area contributed by atoms with Crippen LogP contribution in [-0.2, 0) is 6.54 Å². The number of pyridine rings is 2. The third kappa shape index (κ3) is 3.41. The van der Waals surface area contributed by atoms with Crippen LogP contribution in [0.3, 0.4) is 0 Å². The van der Waals surface area contributed by atoms with Gasteiger partial charge < -0.3 is 15.8 Å². The number of anilines is 1. The number of nitrogens with zero attached hydrogens (tertiary/aromatic N) is 4. The number of hydrogen-bond donors (Lipinski definition) is 2. The van der Waals surface area contributed by atoms with Gasteiger partial charge in [0.05, 0.1) is 5.02 Å². The van der Waals surface area contributed by atoms with Crippen molar-refractivity contribution in [3.05, 3.63) is 52.9 Å². The number of nitrogens with two attached hydrogens (primary N) is 1. The van der Waals surface area contributed by atoms with E-state index in [9.17, 15) is 0 Å². The van der Waals surface area contributed by atoms with E-state index in [1.807, 2.05) is 24.0 Å². The molecule has 0 saturated heterocycles. The molecule has 2 heterocycles. The zero-order valence-electron chi connectivity index (χ0n) is 11.6. The summed E-state index contributed by atoms with van der Waals surface area (Å²) in [6, 6.07) is 5.48. The summed E-state index contributed by atoms with van der Waals surface area (Å²) in [4.78, 5) is 10.3. The summed E-state index contributed by atoms with van der Waals surface area (Å²) in [5.74, 6) is 0.559. The third-order valence-corrected chi connectivity index (χ3v) is 3.43. The van der Waals surface area contributed by atoms with Crippen molar-refractivity contribution in [3.63, 3.8) is 0 Å². The van der Waals surface area contributed by atoms with Crippen molar-refractivity contribution in [2.75, 3.05) is 11.4 Å². The summed E-state index contributed by atoms with van der Waals surface area (Å²) in [7, 11) is 0. The Labute approximate surface area is 127 Å². The van der Waals surface area contributed by atoms with Gasteiger partial charge >= 0.3 is 0 Å². The molecular weight excluding hydrogens is 290 g/mol. The number of amidine groups is 1. The lowest BCUT2D eigenvalue weighted by atomic mass is 10.2. The van der Waals surface area contributed by atoms with E-state index in [1.165, 1.54) is 0 Å². The van der Waals surface area contributed by atoms with Gasteiger partial charge in [0, 0.05) is 37.2 Å². The quantitative estimate of drug-likeness (QED) is 0.383. The molecule has 2 rings (SSSR count). The second kappa shape index (κ2) is 6.90. The molecule has 0 aliphatic heterocycles. The molecule has 3 N–H and O–H groups in total. The van der Waals surface area contributed by atoms with Crippen LogP contribution in [0.15, 0.2) is 41.9 Å². The minimum Gasteiger partial charge on any atom is -0.409 e. The average molecular weight is 306 g/mol. The molecule has 0 unspecified atom stereocenters. The monoisotopic (exact) mass is 305 g/mol. The summed E-state index contributed by atoms with van der Waals surface area (Å²) in [5.41, 5.74) is 7.17. The molecule has 21 heavy (non-hydrogen) atoms. The molecule has 110 valence electrons. The van der Waals surface area contributed by atoms with Crippen LogP contribution in [0.2, 0.25) is 5.02 Å². The fourth-order valence-corrected chi connectivity index (χ4v) is 2.28. The molecule has 2 aromatic rings. The Kier molecular flexibility index (Phi) is 4.94. The van der Waals surface area contributed by atoms with Gasteiger partial charge in [-0.25, -0.2) is 4.98 Å². The van der Waals surface area contributed by atoms with Crippen LogP contribution in [0, 0.1) is 0 Å². The molecule has 7 heteroatoms. The van der Waals surface area contributed by atoms with Crippen LogP contribution < -0.4 is 10.6 Å². The van der Waals surface area contributed by atoms with Crippen molar-refractivity contribution < 1.29 is 5.21 Å². The van der Waals surface area contributed by atoms with Gasteiger partial charge in [-0.05, 0) is 30.7 Å². The van der Waals surface area contributed by atoms with Gasteiger partial charge in [-0.15, -0.1) is 0 Å². The Morgan fingerprint density at radius 1 is 1.33 bits per heavy atom. The molecule has 6 nitrogen and oxygen atoms in total. The SMILES string of the molecule is CCN(Cc1ccncc1)c1nccc(/C(N)=N/O)c1Cl. The highest BCUT2D eigenvalue weighted by molar-refractivity contribution is 6.36. The normalized spacial score (nSPS) is 11.4. The topological polar surface area (TPSA) is 87.6 Å². The molecule has 0 amide bonds. The van der Waals surface area contributed by atoms with E-state index in [1.54, 1.807) is 24.7 Å². The molecule has 0 atom stereocenters. The highest BCUT2D eigenvalue weighted by atomic mass is 35.5. The van der Waals surface area contributed by atoms with Gasteiger partial charge in [-0.1, -0.05) is 16.8 Å². The Hall–Kier alpha value is -2.34. The minimum absolute atomic E-state index is 0.0383. The maximum atomic E-state index is 8.80. The first-order valence-corrected chi connectivity index (χ1v) is 6.81. The van der Waals surface area contributed by atoms with E-state index >= 15 is 0 Å². The summed E-state index contributed by atoms with van der Waals surface area (Å²) in [6.07, 6.45) is 5.07. The lowest BCUT2D eigenvalue weighted by Gasteiger charge is -2.23. The first-order valence-electron chi connectivity index (χ1n) is 6.43. The standard InChI is InChI=1S/C14H16ClN5O/c1-2-20(9-10-3-6-17-7-4-10)14-12(15)11(5-8-18-14)13(16)19-21/h3-8,21H,2,9H2,1H3,(H2,16,19). The molecule has 0 aliphatic rings. The fraction of sp³-hybridized carbons (Fsp3) is 0.214. The predicted octanol–water partition coefficient (Wildman–Crippen LogP) is 2.25. The Morgan fingerprint density at radius 2 is 2.05 bits per heavy atom. The van der Waals surface area contributed by atoms with Crippen LogP contribution in [0.4, 0.5) is 5.82 Å². The zero-order chi connectivity index (χ0) is 15.2. The van der Waals surface area contributed by atoms with Crippen molar-refractivity contribution in [1.82, 2.24) is 9.97 Å². The molecule has 0 spiro atoms. The number of oxime groups is 1. The molecule has 0 aromatic carbocycles. The Balaban J connectivity index is 2.35. The number of rotatable bonds is 5. The Bertz CT molecular complexity index is 633. The van der Waals surface area contributed by atoms with Crippen LogP contribution in [-0.4, -0.2) is 27.6 Å². The maximum Gasteiger partial charge on any atom is 0.171 e. The second-order valence-corrected chi connectivity index (χ2v) is 4.73. The largest absolute Gasteiger partial charge is 0.409 e. The molecule has 0 fully saturated rings. The van der Waals surface area contributed by atoms with Crippen molar-refractivity contribution in [3.8, 4) is 0 Å². The molecule has 2 aromatic heterocycles. The van der Waals surface area contributed by atoms with Gasteiger partial charge in [0.1, 0.15) is 5.82 Å². The minimum atomic E-state index is -0.0383. The maximum absolute atomic E-state index is 8.80. The van der Waals surface area contributed by atoms with Gasteiger partial charge in [0.25, 0.3) is 0 Å². The van der Waals surface area contributed by atoms with Gasteiger partial charge in [-0.2, -0.15) is 0 Å². The van der Waals surface area contributed by atoms with Crippen LogP contribution in [0.1, 0.15) is 18.1 Å². The zero-order valence-corrected chi connectivity index (χ0v) is 12.3. The molecular formula is C14H16ClN5O. The Morgan fingerprint density at radius 3 is 2.67 bits per heavy atom. The summed E-state index contributed by atoms with van der Waals surface area (Å²) in [6.45, 7) is 3.37. The van der Waals surface area contributed by atoms with E-state index in [0.29, 0.717) is 29.5 Å². The van der Waals surface area contributed by atoms with E-state index in [2.05, 4.69) is 15.1 Å². The third-order valence-electron chi connectivity index (χ3n) is 3.06. The van der Waals surface area contributed by atoms with Crippen molar-refractivity contribution >= 4 is 23.3 Å². The fourth-order valence-electron chi connectivity index (χ4n) is 1.95. The summed E-state index contributed by atoms with van der Waals surface area (Å²) >= 11 is 6.33. The summed E-state index contributed by atoms with van der Waals surface area (Å²) in [5, 5.41) is 12.1. The lowest BCUT2D eigenvalue weighted by Crippen LogP contribution is -2.24. The number of hydrogen-bond acceptors (Lipinski definition) is 5. The van der Waals surface area contributed by atoms with E-state index < -0.39 is 0 Å². The van der Waals surface area contributed by atoms with Gasteiger partial charge in [0.15, 0.2) is 5.84 Å². The van der Waals surface area contributed by atoms with Crippen LogP contribution in [0.5, 0.6) is 0 Å². The summed E-state index contributed by atoms with van der Waals surface area (Å²) < 4.78 is 0. The van der Waals surface area contributed by atoms with Crippen molar-refractivity contribution in [2.45, 2.75) is 13.5 Å². The highest BCUT2D eigenvalue weighted by Gasteiger charge is 2.16. The second-order valence-electron chi connectivity index (χ2n) is 4.35. The van der Waals surface area contributed by atoms with E-state index in [-0.39, 0.29) is 5.84 Å². The lowest BCUT2D eigenvalue weighted by molar-refractivity contribution is 0.318. The average Bonchev–Trinajstić information content (AvgIpc) is 2.53. The number of halogens is 1. The number of aromatic nitrogens is 2. The van der Waals surface area contributed by atoms with Crippen LogP contribution in [0.25, 0.3) is 0 Å².